The van der Waals surface area contributed by atoms with Gasteiger partial charge in [0.05, 0.1) is 6.10 Å². The summed E-state index contributed by atoms with van der Waals surface area (Å²) in [6.45, 7) is 3.83. The normalized spacial score (nSPS) is 12.8. The predicted octanol–water partition coefficient (Wildman–Crippen LogP) is 2.95. The van der Waals surface area contributed by atoms with E-state index in [0.29, 0.717) is 12.5 Å². The Morgan fingerprint density at radius 3 is 2.38 bits per heavy atom. The van der Waals surface area contributed by atoms with Gasteiger partial charge in [-0.15, -0.1) is 0 Å². The van der Waals surface area contributed by atoms with Gasteiger partial charge in [0.1, 0.15) is 5.78 Å². The molecule has 1 unspecified atom stereocenters. The van der Waals surface area contributed by atoms with Gasteiger partial charge in [-0.2, -0.15) is 0 Å². The fourth-order valence-electron chi connectivity index (χ4n) is 1.39. The second-order valence-electron chi connectivity index (χ2n) is 3.59. The van der Waals surface area contributed by atoms with Gasteiger partial charge in [-0.05, 0) is 26.2 Å². The van der Waals surface area contributed by atoms with Crippen LogP contribution in [0.5, 0.6) is 0 Å². The van der Waals surface area contributed by atoms with Crippen LogP contribution in [0.4, 0.5) is 0 Å². The van der Waals surface area contributed by atoms with E-state index in [2.05, 4.69) is 6.92 Å². The Kier molecular flexibility index (Phi) is 8.00. The van der Waals surface area contributed by atoms with Crippen LogP contribution in [-0.4, -0.2) is 19.0 Å². The summed E-state index contributed by atoms with van der Waals surface area (Å²) in [6, 6.07) is 0. The van der Waals surface area contributed by atoms with E-state index in [1.807, 2.05) is 0 Å². The summed E-state index contributed by atoms with van der Waals surface area (Å²) in [5.74, 6) is 0.283. The van der Waals surface area contributed by atoms with Crippen molar-refractivity contribution in [2.45, 2.75) is 58.5 Å². The average Bonchev–Trinajstić information content (AvgIpc) is 2.10. The zero-order chi connectivity index (χ0) is 10.1. The molecule has 0 aliphatic rings. The zero-order valence-corrected chi connectivity index (χ0v) is 9.14. The molecule has 0 aromatic heterocycles. The molecule has 2 nitrogen and oxygen atoms in total. The lowest BCUT2D eigenvalue weighted by molar-refractivity contribution is -0.117. The minimum atomic E-state index is 0.283. The van der Waals surface area contributed by atoms with Crippen LogP contribution in [0, 0.1) is 0 Å². The summed E-state index contributed by atoms with van der Waals surface area (Å²) in [4.78, 5) is 10.7. The Bertz CT molecular complexity index is 132. The van der Waals surface area contributed by atoms with Crippen LogP contribution in [-0.2, 0) is 9.53 Å². The van der Waals surface area contributed by atoms with E-state index in [1.165, 1.54) is 12.8 Å². The van der Waals surface area contributed by atoms with Gasteiger partial charge in [-0.3, -0.25) is 0 Å². The van der Waals surface area contributed by atoms with Crippen LogP contribution in [0.2, 0.25) is 0 Å². The molecule has 0 saturated heterocycles. The highest BCUT2D eigenvalue weighted by molar-refractivity contribution is 5.75. The maximum atomic E-state index is 10.7. The SMILES string of the molecule is CCCCC(CCCC(C)=O)OC. The summed E-state index contributed by atoms with van der Waals surface area (Å²) in [7, 11) is 1.76. The Morgan fingerprint density at radius 1 is 1.31 bits per heavy atom. The van der Waals surface area contributed by atoms with Gasteiger partial charge >= 0.3 is 0 Å². The van der Waals surface area contributed by atoms with Crippen LogP contribution >= 0.6 is 0 Å². The monoisotopic (exact) mass is 186 g/mol. The molecule has 78 valence electrons. The zero-order valence-electron chi connectivity index (χ0n) is 9.14. The topological polar surface area (TPSA) is 26.3 Å². The molecule has 2 heteroatoms. The van der Waals surface area contributed by atoms with E-state index in [-0.39, 0.29) is 5.78 Å². The quantitative estimate of drug-likeness (QED) is 0.582. The van der Waals surface area contributed by atoms with E-state index in [1.54, 1.807) is 14.0 Å². The lowest BCUT2D eigenvalue weighted by Crippen LogP contribution is -2.10. The maximum absolute atomic E-state index is 10.7. The molecule has 0 aliphatic heterocycles. The fourth-order valence-corrected chi connectivity index (χ4v) is 1.39. The van der Waals surface area contributed by atoms with Crippen molar-refractivity contribution in [3.8, 4) is 0 Å². The van der Waals surface area contributed by atoms with Crippen molar-refractivity contribution in [1.82, 2.24) is 0 Å². The molecule has 0 aromatic rings. The Balaban J connectivity index is 3.41. The number of hydrogen-bond donors (Lipinski definition) is 0. The number of carbonyl (C=O) groups is 1. The predicted molar refractivity (Wildman–Crippen MR) is 54.9 cm³/mol. The Hall–Kier alpha value is -0.370. The third-order valence-electron chi connectivity index (χ3n) is 2.27. The van der Waals surface area contributed by atoms with E-state index in [4.69, 9.17) is 4.74 Å². The summed E-state index contributed by atoms with van der Waals surface area (Å²) in [6.07, 6.45) is 6.62. The van der Waals surface area contributed by atoms with Crippen molar-refractivity contribution >= 4 is 5.78 Å². The van der Waals surface area contributed by atoms with Crippen molar-refractivity contribution in [3.63, 3.8) is 0 Å². The number of ether oxygens (including phenoxy) is 1. The van der Waals surface area contributed by atoms with Gasteiger partial charge in [0, 0.05) is 13.5 Å². The molecule has 0 bridgehead atoms. The molecule has 0 aliphatic carbocycles. The number of ketones is 1. The molecule has 0 heterocycles. The lowest BCUT2D eigenvalue weighted by atomic mass is 10.1. The molecule has 0 amide bonds. The molecule has 1 atom stereocenters. The van der Waals surface area contributed by atoms with Gasteiger partial charge in [-0.1, -0.05) is 19.8 Å². The van der Waals surface area contributed by atoms with E-state index < -0.39 is 0 Å². The van der Waals surface area contributed by atoms with Crippen molar-refractivity contribution in [3.05, 3.63) is 0 Å². The number of hydrogen-bond acceptors (Lipinski definition) is 2. The number of rotatable bonds is 8. The smallest absolute Gasteiger partial charge is 0.129 e. The van der Waals surface area contributed by atoms with Crippen LogP contribution in [0.25, 0.3) is 0 Å². The molecule has 0 spiro atoms. The van der Waals surface area contributed by atoms with Crippen molar-refractivity contribution in [1.29, 1.82) is 0 Å². The molecule has 0 saturated carbocycles. The van der Waals surface area contributed by atoms with Crippen molar-refractivity contribution < 1.29 is 9.53 Å². The summed E-state index contributed by atoms with van der Waals surface area (Å²) in [5.41, 5.74) is 0. The minimum absolute atomic E-state index is 0.283. The molecule has 0 aromatic carbocycles. The highest BCUT2D eigenvalue weighted by atomic mass is 16.5. The molecule has 0 N–H and O–H groups in total. The van der Waals surface area contributed by atoms with Gasteiger partial charge in [0.25, 0.3) is 0 Å². The van der Waals surface area contributed by atoms with Gasteiger partial charge in [-0.25, -0.2) is 0 Å². The number of carbonyl (C=O) groups excluding carboxylic acids is 1. The summed E-state index contributed by atoms with van der Waals surface area (Å²) >= 11 is 0. The third-order valence-corrected chi connectivity index (χ3v) is 2.27. The molecule has 0 rings (SSSR count). The van der Waals surface area contributed by atoms with Crippen LogP contribution < -0.4 is 0 Å². The van der Waals surface area contributed by atoms with Crippen LogP contribution in [0.15, 0.2) is 0 Å². The van der Waals surface area contributed by atoms with Crippen molar-refractivity contribution in [2.24, 2.45) is 0 Å². The molecular weight excluding hydrogens is 164 g/mol. The van der Waals surface area contributed by atoms with Crippen LogP contribution in [0.1, 0.15) is 52.4 Å². The first-order valence-electron chi connectivity index (χ1n) is 5.23. The van der Waals surface area contributed by atoms with E-state index in [9.17, 15) is 4.79 Å². The first-order chi connectivity index (χ1) is 6.20. The lowest BCUT2D eigenvalue weighted by Gasteiger charge is -2.13. The molecule has 13 heavy (non-hydrogen) atoms. The second-order valence-corrected chi connectivity index (χ2v) is 3.59. The van der Waals surface area contributed by atoms with Gasteiger partial charge < -0.3 is 9.53 Å². The largest absolute Gasteiger partial charge is 0.381 e. The number of methoxy groups -OCH3 is 1. The maximum Gasteiger partial charge on any atom is 0.129 e. The fraction of sp³-hybridized carbons (Fsp3) is 0.909. The molecular formula is C11H22O2. The highest BCUT2D eigenvalue weighted by Crippen LogP contribution is 2.11. The van der Waals surface area contributed by atoms with E-state index >= 15 is 0 Å². The van der Waals surface area contributed by atoms with Gasteiger partial charge in [0.15, 0.2) is 0 Å². The average molecular weight is 186 g/mol. The molecule has 0 fully saturated rings. The Labute approximate surface area is 81.7 Å². The van der Waals surface area contributed by atoms with Crippen LogP contribution in [0.3, 0.4) is 0 Å². The highest BCUT2D eigenvalue weighted by Gasteiger charge is 2.06. The minimum Gasteiger partial charge on any atom is -0.381 e. The number of Topliss-reactive ketones (excluding diaryl/α,β-unsaturated/α-hetero) is 1. The van der Waals surface area contributed by atoms with Gasteiger partial charge in [0.2, 0.25) is 0 Å². The third kappa shape index (κ3) is 7.97. The summed E-state index contributed by atoms with van der Waals surface area (Å²) in [5, 5.41) is 0. The van der Waals surface area contributed by atoms with E-state index in [0.717, 1.165) is 19.3 Å². The standard InChI is InChI=1S/C11H22O2/c1-4-5-8-11(13-3)9-6-7-10(2)12/h11H,4-9H2,1-3H3. The summed E-state index contributed by atoms with van der Waals surface area (Å²) < 4.78 is 5.32. The first-order valence-corrected chi connectivity index (χ1v) is 5.23. The van der Waals surface area contributed by atoms with Crippen molar-refractivity contribution in [2.75, 3.05) is 7.11 Å². The number of unbranched alkanes of at least 4 members (excludes halogenated alkanes) is 1. The molecule has 0 radical (unpaired) electrons. The Morgan fingerprint density at radius 2 is 1.92 bits per heavy atom. The second kappa shape index (κ2) is 8.24. The first kappa shape index (κ1) is 12.6.